The molecule has 2 aliphatic heterocycles. The van der Waals surface area contributed by atoms with Crippen molar-refractivity contribution in [2.45, 2.75) is 37.9 Å². The molecule has 2 saturated heterocycles. The molecule has 17 heavy (non-hydrogen) atoms. The number of phosphoric ester groups is 1. The van der Waals surface area contributed by atoms with E-state index in [2.05, 4.69) is 0 Å². The zero-order valence-electron chi connectivity index (χ0n) is 9.75. The molecule has 0 spiro atoms. The Morgan fingerprint density at radius 2 is 1.53 bits per heavy atom. The van der Waals surface area contributed by atoms with Crippen LogP contribution in [0.5, 0.6) is 0 Å². The van der Waals surface area contributed by atoms with Gasteiger partial charge in [0, 0.05) is 13.2 Å². The lowest BCUT2D eigenvalue weighted by atomic mass is 10.2. The zero-order chi connectivity index (χ0) is 12.1. The molecule has 0 radical (unpaired) electrons. The minimum atomic E-state index is -3.96. The number of rotatable bonds is 6. The SMILES string of the molecule is O=P(O)(OCC1CCCO1)OCC1CCCO1. The van der Waals surface area contributed by atoms with E-state index in [4.69, 9.17) is 18.5 Å². The van der Waals surface area contributed by atoms with Crippen LogP contribution in [0.1, 0.15) is 25.7 Å². The maximum atomic E-state index is 11.5. The summed E-state index contributed by atoms with van der Waals surface area (Å²) in [6.45, 7) is 1.61. The fourth-order valence-corrected chi connectivity index (χ4v) is 2.73. The lowest BCUT2D eigenvalue weighted by Crippen LogP contribution is -2.16. The molecule has 0 saturated carbocycles. The van der Waals surface area contributed by atoms with Crippen LogP contribution in [0.15, 0.2) is 0 Å². The minimum Gasteiger partial charge on any atom is -0.376 e. The third kappa shape index (κ3) is 4.66. The van der Waals surface area contributed by atoms with E-state index < -0.39 is 7.82 Å². The van der Waals surface area contributed by atoms with Crippen LogP contribution in [0.2, 0.25) is 0 Å². The van der Waals surface area contributed by atoms with Crippen LogP contribution in [0.3, 0.4) is 0 Å². The topological polar surface area (TPSA) is 74.2 Å². The van der Waals surface area contributed by atoms with Crippen LogP contribution < -0.4 is 0 Å². The number of hydrogen-bond donors (Lipinski definition) is 1. The van der Waals surface area contributed by atoms with Gasteiger partial charge in [-0.1, -0.05) is 0 Å². The molecule has 2 atom stereocenters. The monoisotopic (exact) mass is 266 g/mol. The van der Waals surface area contributed by atoms with Crippen LogP contribution >= 0.6 is 7.82 Å². The predicted molar refractivity (Wildman–Crippen MR) is 59.7 cm³/mol. The van der Waals surface area contributed by atoms with Crippen molar-refractivity contribution in [2.24, 2.45) is 0 Å². The van der Waals surface area contributed by atoms with Crippen molar-refractivity contribution in [3.63, 3.8) is 0 Å². The first kappa shape index (κ1) is 13.5. The normalized spacial score (nSPS) is 32.8. The average Bonchev–Trinajstić information content (AvgIpc) is 2.97. The molecule has 0 aromatic carbocycles. The highest BCUT2D eigenvalue weighted by Gasteiger charge is 2.27. The third-order valence-corrected chi connectivity index (χ3v) is 3.85. The molecule has 0 amide bonds. The average molecular weight is 266 g/mol. The molecule has 0 aromatic rings. The Hall–Kier alpha value is 0.0300. The highest BCUT2D eigenvalue weighted by Crippen LogP contribution is 2.44. The van der Waals surface area contributed by atoms with Crippen LogP contribution in [-0.4, -0.2) is 43.5 Å². The first-order chi connectivity index (χ1) is 8.16. The van der Waals surface area contributed by atoms with Gasteiger partial charge in [-0.15, -0.1) is 0 Å². The summed E-state index contributed by atoms with van der Waals surface area (Å²) < 4.78 is 31.9. The van der Waals surface area contributed by atoms with Gasteiger partial charge in [0.1, 0.15) is 0 Å². The van der Waals surface area contributed by atoms with E-state index >= 15 is 0 Å². The minimum absolute atomic E-state index is 0.0817. The number of ether oxygens (including phenoxy) is 2. The summed E-state index contributed by atoms with van der Waals surface area (Å²) in [6, 6.07) is 0. The van der Waals surface area contributed by atoms with Gasteiger partial charge in [0.2, 0.25) is 0 Å². The highest BCUT2D eigenvalue weighted by atomic mass is 31.2. The van der Waals surface area contributed by atoms with Crippen LogP contribution in [0.25, 0.3) is 0 Å². The summed E-state index contributed by atoms with van der Waals surface area (Å²) in [7, 11) is -3.96. The summed E-state index contributed by atoms with van der Waals surface area (Å²) >= 11 is 0. The smallest absolute Gasteiger partial charge is 0.376 e. The first-order valence-corrected chi connectivity index (χ1v) is 7.50. The summed E-state index contributed by atoms with van der Waals surface area (Å²) in [6.07, 6.45) is 3.52. The van der Waals surface area contributed by atoms with E-state index in [0.29, 0.717) is 13.2 Å². The van der Waals surface area contributed by atoms with Gasteiger partial charge < -0.3 is 14.4 Å². The summed E-state index contributed by atoms with van der Waals surface area (Å²) in [4.78, 5) is 9.44. The first-order valence-electron chi connectivity index (χ1n) is 6.01. The molecule has 0 aliphatic carbocycles. The molecule has 2 rings (SSSR count). The van der Waals surface area contributed by atoms with Crippen molar-refractivity contribution in [3.8, 4) is 0 Å². The Labute approximate surface area is 101 Å². The molecule has 6 nitrogen and oxygen atoms in total. The van der Waals surface area contributed by atoms with E-state index in [-0.39, 0.29) is 25.4 Å². The maximum Gasteiger partial charge on any atom is 0.472 e. The molecular weight excluding hydrogens is 247 g/mol. The van der Waals surface area contributed by atoms with Crippen LogP contribution in [0, 0.1) is 0 Å². The highest BCUT2D eigenvalue weighted by molar-refractivity contribution is 7.47. The Kier molecular flexibility index (Phi) is 4.97. The second-order valence-corrected chi connectivity index (χ2v) is 5.78. The van der Waals surface area contributed by atoms with Crippen LogP contribution in [0.4, 0.5) is 0 Å². The van der Waals surface area contributed by atoms with Gasteiger partial charge in [-0.25, -0.2) is 4.57 Å². The van der Waals surface area contributed by atoms with Crippen molar-refractivity contribution in [2.75, 3.05) is 26.4 Å². The van der Waals surface area contributed by atoms with E-state index in [1.807, 2.05) is 0 Å². The lowest BCUT2D eigenvalue weighted by molar-refractivity contribution is 0.0274. The fraction of sp³-hybridized carbons (Fsp3) is 1.00. The van der Waals surface area contributed by atoms with E-state index in [1.54, 1.807) is 0 Å². The maximum absolute atomic E-state index is 11.5. The largest absolute Gasteiger partial charge is 0.472 e. The van der Waals surface area contributed by atoms with Gasteiger partial charge >= 0.3 is 7.82 Å². The standard InChI is InChI=1S/C10H19O6P/c11-17(12,15-7-9-3-1-5-13-9)16-8-10-4-2-6-14-10/h9-10H,1-8H2,(H,11,12). The quantitative estimate of drug-likeness (QED) is 0.734. The summed E-state index contributed by atoms with van der Waals surface area (Å²) in [5.74, 6) is 0. The van der Waals surface area contributed by atoms with Crippen molar-refractivity contribution in [3.05, 3.63) is 0 Å². The lowest BCUT2D eigenvalue weighted by Gasteiger charge is -2.16. The molecule has 2 aliphatic rings. The Balaban J connectivity index is 1.64. The summed E-state index contributed by atoms with van der Waals surface area (Å²) in [5, 5.41) is 0. The Bertz CT molecular complexity index is 248. The fourth-order valence-electron chi connectivity index (χ4n) is 1.94. The van der Waals surface area contributed by atoms with E-state index in [1.165, 1.54) is 0 Å². The van der Waals surface area contributed by atoms with Gasteiger partial charge in [0.15, 0.2) is 0 Å². The van der Waals surface area contributed by atoms with E-state index in [0.717, 1.165) is 25.7 Å². The van der Waals surface area contributed by atoms with Crippen LogP contribution in [-0.2, 0) is 23.1 Å². The number of hydrogen-bond acceptors (Lipinski definition) is 5. The molecule has 0 bridgehead atoms. The second-order valence-electron chi connectivity index (χ2n) is 4.33. The molecule has 7 heteroatoms. The molecule has 1 N–H and O–H groups in total. The molecule has 100 valence electrons. The predicted octanol–water partition coefficient (Wildman–Crippen LogP) is 1.48. The van der Waals surface area contributed by atoms with Crippen molar-refractivity contribution >= 4 is 7.82 Å². The van der Waals surface area contributed by atoms with Gasteiger partial charge in [0.25, 0.3) is 0 Å². The zero-order valence-corrected chi connectivity index (χ0v) is 10.6. The van der Waals surface area contributed by atoms with Gasteiger partial charge in [-0.3, -0.25) is 9.05 Å². The van der Waals surface area contributed by atoms with Crippen molar-refractivity contribution < 1.29 is 28.0 Å². The second kappa shape index (κ2) is 6.27. The molecule has 2 heterocycles. The number of phosphoric acid groups is 1. The van der Waals surface area contributed by atoms with Gasteiger partial charge in [0.05, 0.1) is 25.4 Å². The molecule has 2 fully saturated rings. The molecular formula is C10H19O6P. The third-order valence-electron chi connectivity index (χ3n) is 2.90. The van der Waals surface area contributed by atoms with Crippen molar-refractivity contribution in [1.29, 1.82) is 0 Å². The van der Waals surface area contributed by atoms with Gasteiger partial charge in [-0.05, 0) is 25.7 Å². The molecule has 0 aromatic heterocycles. The van der Waals surface area contributed by atoms with Gasteiger partial charge in [-0.2, -0.15) is 0 Å². The molecule has 2 unspecified atom stereocenters. The Morgan fingerprint density at radius 3 is 1.88 bits per heavy atom. The van der Waals surface area contributed by atoms with Crippen molar-refractivity contribution in [1.82, 2.24) is 0 Å². The Morgan fingerprint density at radius 1 is 1.06 bits per heavy atom. The van der Waals surface area contributed by atoms with E-state index in [9.17, 15) is 9.46 Å². The summed E-state index contributed by atoms with van der Waals surface area (Å²) in [5.41, 5.74) is 0.